The maximum absolute atomic E-state index is 12.4. The van der Waals surface area contributed by atoms with Crippen LogP contribution >= 0.6 is 0 Å². The molecule has 1 heterocycles. The molecule has 8 heteroatoms. The van der Waals surface area contributed by atoms with E-state index >= 15 is 0 Å². The Balaban J connectivity index is 1.80. The molecule has 0 atom stereocenters. The zero-order valence-corrected chi connectivity index (χ0v) is 14.9. The molecule has 0 aliphatic carbocycles. The fraction of sp³-hybridized carbons (Fsp3) is 0. The number of nitro benzene ring substituents is 1. The molecule has 29 heavy (non-hydrogen) atoms. The first kappa shape index (κ1) is 18.1. The highest BCUT2D eigenvalue weighted by Crippen LogP contribution is 2.35. The van der Waals surface area contributed by atoms with E-state index in [0.29, 0.717) is 5.69 Å². The highest BCUT2D eigenvalue weighted by molar-refractivity contribution is 5.90. The lowest BCUT2D eigenvalue weighted by atomic mass is 10.0. The van der Waals surface area contributed by atoms with E-state index in [2.05, 4.69) is 15.2 Å². The number of nitrogens with zero attached hydrogens (tertiary/aromatic N) is 3. The lowest BCUT2D eigenvalue weighted by molar-refractivity contribution is -0.384. The van der Waals surface area contributed by atoms with Crippen molar-refractivity contribution in [2.24, 2.45) is 10.2 Å². The number of aromatic amines is 1. The first-order valence-corrected chi connectivity index (χ1v) is 8.64. The van der Waals surface area contributed by atoms with E-state index in [4.69, 9.17) is 0 Å². The van der Waals surface area contributed by atoms with Gasteiger partial charge in [-0.25, -0.2) is 0 Å². The predicted molar refractivity (Wildman–Crippen MR) is 109 cm³/mol. The van der Waals surface area contributed by atoms with Crippen molar-refractivity contribution >= 4 is 28.0 Å². The van der Waals surface area contributed by atoms with Gasteiger partial charge in [0.25, 0.3) is 11.2 Å². The molecule has 0 amide bonds. The average Bonchev–Trinajstić information content (AvgIpc) is 2.74. The van der Waals surface area contributed by atoms with Gasteiger partial charge < -0.3 is 10.1 Å². The van der Waals surface area contributed by atoms with Crippen LogP contribution in [0, 0.1) is 10.1 Å². The number of nitro groups is 1. The maximum Gasteiger partial charge on any atom is 0.280 e. The van der Waals surface area contributed by atoms with Gasteiger partial charge in [-0.15, -0.1) is 10.2 Å². The van der Waals surface area contributed by atoms with Crippen LogP contribution in [0.5, 0.6) is 5.75 Å². The van der Waals surface area contributed by atoms with Crippen LogP contribution in [0.25, 0.3) is 22.0 Å². The van der Waals surface area contributed by atoms with Crippen LogP contribution in [-0.4, -0.2) is 15.0 Å². The number of nitrogens with one attached hydrogen (secondary N) is 1. The molecule has 142 valence electrons. The number of non-ortho nitro benzene ring substituents is 1. The highest BCUT2D eigenvalue weighted by atomic mass is 16.6. The van der Waals surface area contributed by atoms with Gasteiger partial charge in [0.2, 0.25) is 0 Å². The van der Waals surface area contributed by atoms with Crippen molar-refractivity contribution in [3.05, 3.63) is 93.3 Å². The fourth-order valence-electron chi connectivity index (χ4n) is 2.99. The van der Waals surface area contributed by atoms with Crippen molar-refractivity contribution in [1.29, 1.82) is 0 Å². The molecule has 0 spiro atoms. The normalized spacial score (nSPS) is 11.2. The summed E-state index contributed by atoms with van der Waals surface area (Å²) in [6, 6.07) is 20.7. The molecule has 0 aliphatic heterocycles. The lowest BCUT2D eigenvalue weighted by Crippen LogP contribution is -2.05. The van der Waals surface area contributed by atoms with Crippen molar-refractivity contribution in [1.82, 2.24) is 4.98 Å². The summed E-state index contributed by atoms with van der Waals surface area (Å²) >= 11 is 0. The number of hydrogen-bond donors (Lipinski definition) is 2. The van der Waals surface area contributed by atoms with Crippen LogP contribution in [0.2, 0.25) is 0 Å². The Bertz CT molecular complexity index is 1310. The molecule has 1 aromatic heterocycles. The minimum Gasteiger partial charge on any atom is -0.505 e. The van der Waals surface area contributed by atoms with Crippen LogP contribution in [0.1, 0.15) is 0 Å². The number of pyridine rings is 1. The van der Waals surface area contributed by atoms with Gasteiger partial charge in [-0.05, 0) is 17.7 Å². The number of aromatic hydroxyl groups is 1. The topological polar surface area (TPSA) is 121 Å². The molecule has 0 fully saturated rings. The maximum atomic E-state index is 12.4. The van der Waals surface area contributed by atoms with Gasteiger partial charge in [0.15, 0.2) is 11.4 Å². The van der Waals surface area contributed by atoms with E-state index in [-0.39, 0.29) is 28.0 Å². The largest absolute Gasteiger partial charge is 0.505 e. The zero-order valence-electron chi connectivity index (χ0n) is 14.9. The third-order valence-corrected chi connectivity index (χ3v) is 4.40. The number of fused-ring (bicyclic) bond motifs is 1. The first-order valence-electron chi connectivity index (χ1n) is 8.64. The summed E-state index contributed by atoms with van der Waals surface area (Å²) in [5, 5.41) is 29.8. The second kappa shape index (κ2) is 7.35. The van der Waals surface area contributed by atoms with Gasteiger partial charge in [0.1, 0.15) is 0 Å². The van der Waals surface area contributed by atoms with E-state index in [1.807, 2.05) is 42.5 Å². The van der Waals surface area contributed by atoms with Crippen molar-refractivity contribution in [2.45, 2.75) is 0 Å². The number of benzene rings is 3. The fourth-order valence-corrected chi connectivity index (χ4v) is 2.99. The smallest absolute Gasteiger partial charge is 0.280 e. The number of H-pyrrole nitrogens is 1. The van der Waals surface area contributed by atoms with E-state index in [9.17, 15) is 20.0 Å². The molecule has 0 saturated carbocycles. The van der Waals surface area contributed by atoms with Gasteiger partial charge in [-0.1, -0.05) is 48.5 Å². The summed E-state index contributed by atoms with van der Waals surface area (Å²) in [5.41, 5.74) is 1.27. The molecule has 0 bridgehead atoms. The van der Waals surface area contributed by atoms with E-state index in [1.54, 1.807) is 12.1 Å². The van der Waals surface area contributed by atoms with Gasteiger partial charge >= 0.3 is 0 Å². The van der Waals surface area contributed by atoms with E-state index in [1.165, 1.54) is 18.2 Å². The second-order valence-corrected chi connectivity index (χ2v) is 6.22. The SMILES string of the molecule is O=c1[nH]c2cc([N+](=O)[O-])ccc2c(O)c1N=Nc1ccccc1-c1ccccc1. The number of hydrogen-bond acceptors (Lipinski definition) is 6. The van der Waals surface area contributed by atoms with Gasteiger partial charge in [0, 0.05) is 23.1 Å². The van der Waals surface area contributed by atoms with Crippen molar-refractivity contribution < 1.29 is 10.0 Å². The molecule has 0 aliphatic rings. The van der Waals surface area contributed by atoms with E-state index in [0.717, 1.165) is 11.1 Å². The third kappa shape index (κ3) is 3.46. The van der Waals surface area contributed by atoms with Crippen molar-refractivity contribution in [2.75, 3.05) is 0 Å². The molecular weight excluding hydrogens is 372 g/mol. The molecule has 4 rings (SSSR count). The first-order chi connectivity index (χ1) is 14.0. The number of aromatic nitrogens is 1. The van der Waals surface area contributed by atoms with Crippen molar-refractivity contribution in [3.8, 4) is 16.9 Å². The third-order valence-electron chi connectivity index (χ3n) is 4.40. The minimum absolute atomic E-state index is 0.144. The average molecular weight is 386 g/mol. The summed E-state index contributed by atoms with van der Waals surface area (Å²) < 4.78 is 0. The van der Waals surface area contributed by atoms with Crippen LogP contribution in [-0.2, 0) is 0 Å². The molecule has 8 nitrogen and oxygen atoms in total. The van der Waals surface area contributed by atoms with Crippen molar-refractivity contribution in [3.63, 3.8) is 0 Å². The predicted octanol–water partition coefficient (Wildman–Crippen LogP) is 5.22. The Labute approximate surface area is 164 Å². The summed E-state index contributed by atoms with van der Waals surface area (Å²) in [6.07, 6.45) is 0. The molecule has 2 N–H and O–H groups in total. The molecular formula is C21H14N4O4. The summed E-state index contributed by atoms with van der Waals surface area (Å²) in [5.74, 6) is -0.389. The zero-order chi connectivity index (χ0) is 20.4. The summed E-state index contributed by atoms with van der Waals surface area (Å²) in [4.78, 5) is 25.2. The van der Waals surface area contributed by atoms with Gasteiger partial charge in [0.05, 0.1) is 16.1 Å². The van der Waals surface area contributed by atoms with Crippen LogP contribution < -0.4 is 5.56 Å². The molecule has 0 radical (unpaired) electrons. The number of azo groups is 1. The summed E-state index contributed by atoms with van der Waals surface area (Å²) in [6.45, 7) is 0. The molecule has 0 saturated heterocycles. The van der Waals surface area contributed by atoms with Crippen LogP contribution in [0.4, 0.5) is 17.1 Å². The van der Waals surface area contributed by atoms with Gasteiger partial charge in [-0.3, -0.25) is 14.9 Å². The van der Waals surface area contributed by atoms with Crippen LogP contribution in [0.15, 0.2) is 87.8 Å². The Kier molecular flexibility index (Phi) is 4.58. The monoisotopic (exact) mass is 386 g/mol. The van der Waals surface area contributed by atoms with Gasteiger partial charge in [-0.2, -0.15) is 0 Å². The standard InChI is InChI=1S/C21H14N4O4/c26-20-16-11-10-14(25(28)29)12-18(16)22-21(27)19(20)24-23-17-9-5-4-8-15(17)13-6-2-1-3-7-13/h1-12H,(H2,22,26,27). The van der Waals surface area contributed by atoms with Crippen LogP contribution in [0.3, 0.4) is 0 Å². The molecule has 0 unspecified atom stereocenters. The molecule has 4 aromatic rings. The Hall–Kier alpha value is -4.33. The Morgan fingerprint density at radius 1 is 0.931 bits per heavy atom. The number of rotatable bonds is 4. The minimum atomic E-state index is -0.698. The Morgan fingerprint density at radius 3 is 2.41 bits per heavy atom. The second-order valence-electron chi connectivity index (χ2n) is 6.22. The highest BCUT2D eigenvalue weighted by Gasteiger charge is 2.15. The lowest BCUT2D eigenvalue weighted by Gasteiger charge is -2.06. The Morgan fingerprint density at radius 2 is 1.66 bits per heavy atom. The molecule has 3 aromatic carbocycles. The quantitative estimate of drug-likeness (QED) is 0.283. The van der Waals surface area contributed by atoms with E-state index < -0.39 is 10.5 Å². The summed E-state index contributed by atoms with van der Waals surface area (Å²) in [7, 11) is 0.